The maximum atomic E-state index is 12.8. The molecule has 1 N–H and O–H groups in total. The van der Waals surface area contributed by atoms with Gasteiger partial charge < -0.3 is 4.90 Å². The molecule has 0 spiro atoms. The van der Waals surface area contributed by atoms with Crippen LogP contribution in [-0.2, 0) is 6.42 Å². The molecule has 7 nitrogen and oxygen atoms in total. The number of fused-ring (bicyclic) bond motifs is 1. The summed E-state index contributed by atoms with van der Waals surface area (Å²) in [6, 6.07) is 7.38. The molecule has 1 fully saturated rings. The summed E-state index contributed by atoms with van der Waals surface area (Å²) < 4.78 is 0. The molecular formula is C15H13ClN6O. The van der Waals surface area contributed by atoms with Crippen LogP contribution in [0.15, 0.2) is 30.5 Å². The van der Waals surface area contributed by atoms with E-state index in [1.165, 1.54) is 0 Å². The SMILES string of the molecule is O=C(c1c(Cl)ccc2cccnc12)N1CC(Cc2nn[nH]n2)C1. The lowest BCUT2D eigenvalue weighted by Gasteiger charge is -2.39. The third-order valence-corrected chi connectivity index (χ3v) is 4.36. The highest BCUT2D eigenvalue weighted by Crippen LogP contribution is 2.29. The Morgan fingerprint density at radius 2 is 2.22 bits per heavy atom. The van der Waals surface area contributed by atoms with Gasteiger partial charge in [-0.2, -0.15) is 5.21 Å². The number of likely N-dealkylation sites (tertiary alicyclic amines) is 1. The van der Waals surface area contributed by atoms with Gasteiger partial charge in [-0.3, -0.25) is 9.78 Å². The fourth-order valence-electron chi connectivity index (χ4n) is 2.87. The van der Waals surface area contributed by atoms with Gasteiger partial charge in [0, 0.05) is 37.0 Å². The minimum atomic E-state index is -0.0799. The van der Waals surface area contributed by atoms with Crippen molar-refractivity contribution in [3.8, 4) is 0 Å². The van der Waals surface area contributed by atoms with Gasteiger partial charge in [-0.15, -0.1) is 10.2 Å². The number of tetrazole rings is 1. The average Bonchev–Trinajstić information content (AvgIpc) is 3.03. The van der Waals surface area contributed by atoms with Gasteiger partial charge in [-0.05, 0) is 12.1 Å². The zero-order valence-corrected chi connectivity index (χ0v) is 12.9. The van der Waals surface area contributed by atoms with Crippen LogP contribution in [0.25, 0.3) is 10.9 Å². The molecule has 2 aromatic heterocycles. The molecule has 1 saturated heterocycles. The van der Waals surface area contributed by atoms with E-state index in [0.29, 0.717) is 47.4 Å². The Morgan fingerprint density at radius 1 is 1.35 bits per heavy atom. The van der Waals surface area contributed by atoms with Crippen molar-refractivity contribution in [1.29, 1.82) is 0 Å². The third-order valence-electron chi connectivity index (χ3n) is 4.04. The average molecular weight is 329 g/mol. The molecule has 1 amide bonds. The number of pyridine rings is 1. The first kappa shape index (κ1) is 14.1. The molecule has 0 unspecified atom stereocenters. The fraction of sp³-hybridized carbons (Fsp3) is 0.267. The fourth-order valence-corrected chi connectivity index (χ4v) is 3.11. The lowest BCUT2D eigenvalue weighted by Crippen LogP contribution is -2.51. The predicted molar refractivity (Wildman–Crippen MR) is 84.0 cm³/mol. The molecule has 1 aliphatic heterocycles. The Morgan fingerprint density at radius 3 is 3.00 bits per heavy atom. The second kappa shape index (κ2) is 5.58. The molecule has 3 aromatic rings. The minimum Gasteiger partial charge on any atom is -0.338 e. The van der Waals surface area contributed by atoms with Crippen molar-refractivity contribution in [2.45, 2.75) is 6.42 Å². The van der Waals surface area contributed by atoms with Crippen molar-refractivity contribution in [3.05, 3.63) is 46.9 Å². The first-order valence-electron chi connectivity index (χ1n) is 7.27. The number of halogens is 1. The maximum absolute atomic E-state index is 12.8. The van der Waals surface area contributed by atoms with E-state index < -0.39 is 0 Å². The molecule has 1 aliphatic rings. The Labute approximate surface area is 136 Å². The molecule has 1 aromatic carbocycles. The van der Waals surface area contributed by atoms with Gasteiger partial charge in [0.2, 0.25) is 0 Å². The van der Waals surface area contributed by atoms with E-state index in [9.17, 15) is 4.79 Å². The largest absolute Gasteiger partial charge is 0.338 e. The van der Waals surface area contributed by atoms with Gasteiger partial charge in [0.15, 0.2) is 5.82 Å². The number of carbonyl (C=O) groups is 1. The summed E-state index contributed by atoms with van der Waals surface area (Å²) in [6.07, 6.45) is 2.38. The number of benzene rings is 1. The third kappa shape index (κ3) is 2.53. The van der Waals surface area contributed by atoms with Crippen LogP contribution in [0.1, 0.15) is 16.2 Å². The van der Waals surface area contributed by atoms with E-state index in [1.807, 2.05) is 18.2 Å². The predicted octanol–water partition coefficient (Wildman–Crippen LogP) is 1.72. The van der Waals surface area contributed by atoms with Crippen LogP contribution in [0.4, 0.5) is 0 Å². The van der Waals surface area contributed by atoms with Crippen molar-refractivity contribution < 1.29 is 4.79 Å². The Kier molecular flexibility index (Phi) is 3.42. The quantitative estimate of drug-likeness (QED) is 0.791. The highest BCUT2D eigenvalue weighted by molar-refractivity contribution is 6.35. The molecule has 4 rings (SSSR count). The topological polar surface area (TPSA) is 87.7 Å². The van der Waals surface area contributed by atoms with Crippen molar-refractivity contribution in [3.63, 3.8) is 0 Å². The van der Waals surface area contributed by atoms with Crippen molar-refractivity contribution in [2.75, 3.05) is 13.1 Å². The summed E-state index contributed by atoms with van der Waals surface area (Å²) in [5.41, 5.74) is 1.12. The number of amides is 1. The second-order valence-electron chi connectivity index (χ2n) is 5.61. The van der Waals surface area contributed by atoms with Crippen LogP contribution in [0.3, 0.4) is 0 Å². The Hall–Kier alpha value is -2.54. The first-order chi connectivity index (χ1) is 11.2. The molecule has 0 aliphatic carbocycles. The van der Waals surface area contributed by atoms with Crippen LogP contribution in [-0.4, -0.2) is 49.5 Å². The Balaban J connectivity index is 1.53. The monoisotopic (exact) mass is 328 g/mol. The van der Waals surface area contributed by atoms with Crippen LogP contribution >= 0.6 is 11.6 Å². The van der Waals surface area contributed by atoms with Crippen molar-refractivity contribution >= 4 is 28.4 Å². The highest BCUT2D eigenvalue weighted by atomic mass is 35.5. The number of rotatable bonds is 3. The molecule has 0 saturated carbocycles. The number of hydrogen-bond donors (Lipinski definition) is 1. The smallest absolute Gasteiger partial charge is 0.257 e. The van der Waals surface area contributed by atoms with Crippen molar-refractivity contribution in [1.82, 2.24) is 30.5 Å². The first-order valence-corrected chi connectivity index (χ1v) is 7.65. The highest BCUT2D eigenvalue weighted by Gasteiger charge is 2.33. The summed E-state index contributed by atoms with van der Waals surface area (Å²) in [6.45, 7) is 1.32. The number of aromatic nitrogens is 5. The van der Waals surface area contributed by atoms with E-state index in [2.05, 4.69) is 25.6 Å². The maximum Gasteiger partial charge on any atom is 0.257 e. The van der Waals surface area contributed by atoms with Gasteiger partial charge in [0.1, 0.15) is 0 Å². The second-order valence-corrected chi connectivity index (χ2v) is 6.01. The molecule has 23 heavy (non-hydrogen) atoms. The summed E-state index contributed by atoms with van der Waals surface area (Å²) >= 11 is 6.25. The molecular weight excluding hydrogens is 316 g/mol. The summed E-state index contributed by atoms with van der Waals surface area (Å²) in [5.74, 6) is 0.939. The van der Waals surface area contributed by atoms with Crippen LogP contribution < -0.4 is 0 Å². The van der Waals surface area contributed by atoms with Gasteiger partial charge in [-0.1, -0.05) is 28.9 Å². The lowest BCUT2D eigenvalue weighted by atomic mass is 9.94. The van der Waals surface area contributed by atoms with E-state index in [0.717, 1.165) is 5.39 Å². The standard InChI is InChI=1S/C15H13ClN6O/c16-11-4-3-10-2-1-5-17-14(10)13(11)15(23)22-7-9(8-22)6-12-18-20-21-19-12/h1-5,9H,6-8H2,(H,18,19,20,21). The number of hydrogen-bond acceptors (Lipinski definition) is 5. The summed E-state index contributed by atoms with van der Waals surface area (Å²) in [7, 11) is 0. The number of H-pyrrole nitrogens is 1. The van der Waals surface area contributed by atoms with E-state index in [4.69, 9.17) is 11.6 Å². The molecule has 116 valence electrons. The number of nitrogens with zero attached hydrogens (tertiary/aromatic N) is 5. The Bertz CT molecular complexity index is 860. The molecule has 0 radical (unpaired) electrons. The number of carbonyl (C=O) groups excluding carboxylic acids is 1. The van der Waals surface area contributed by atoms with Gasteiger partial charge in [0.25, 0.3) is 5.91 Å². The molecule has 0 atom stereocenters. The number of nitrogens with one attached hydrogen (secondary N) is 1. The zero-order valence-electron chi connectivity index (χ0n) is 12.1. The van der Waals surface area contributed by atoms with Gasteiger partial charge >= 0.3 is 0 Å². The molecule has 8 heteroatoms. The van der Waals surface area contributed by atoms with Crippen LogP contribution in [0, 0.1) is 5.92 Å². The lowest BCUT2D eigenvalue weighted by molar-refractivity contribution is 0.0500. The van der Waals surface area contributed by atoms with Gasteiger partial charge in [-0.25, -0.2) is 0 Å². The van der Waals surface area contributed by atoms with Crippen LogP contribution in [0.2, 0.25) is 5.02 Å². The van der Waals surface area contributed by atoms with E-state index >= 15 is 0 Å². The molecule has 0 bridgehead atoms. The zero-order chi connectivity index (χ0) is 15.8. The van der Waals surface area contributed by atoms with Crippen molar-refractivity contribution in [2.24, 2.45) is 5.92 Å². The normalized spacial score (nSPS) is 14.9. The van der Waals surface area contributed by atoms with E-state index in [-0.39, 0.29) is 5.91 Å². The van der Waals surface area contributed by atoms with Gasteiger partial charge in [0.05, 0.1) is 16.1 Å². The van der Waals surface area contributed by atoms with E-state index in [1.54, 1.807) is 17.2 Å². The number of aromatic amines is 1. The summed E-state index contributed by atoms with van der Waals surface area (Å²) in [4.78, 5) is 18.9. The summed E-state index contributed by atoms with van der Waals surface area (Å²) in [5, 5.41) is 15.2. The van der Waals surface area contributed by atoms with Crippen LogP contribution in [0.5, 0.6) is 0 Å². The minimum absolute atomic E-state index is 0.0799. The molecule has 3 heterocycles.